The van der Waals surface area contributed by atoms with Crippen molar-refractivity contribution in [3.05, 3.63) is 0 Å². The molecule has 0 radical (unpaired) electrons. The predicted molar refractivity (Wildman–Crippen MR) is 95.7 cm³/mol. The maximum atomic E-state index is 11.8. The van der Waals surface area contributed by atoms with E-state index in [-0.39, 0.29) is 30.9 Å². The summed E-state index contributed by atoms with van der Waals surface area (Å²) in [6.07, 6.45) is 13.1. The Labute approximate surface area is 147 Å². The van der Waals surface area contributed by atoms with Crippen LogP contribution in [0.4, 0.5) is 0 Å². The van der Waals surface area contributed by atoms with Gasteiger partial charge in [0.2, 0.25) is 0 Å². The molecule has 1 fully saturated rings. The van der Waals surface area contributed by atoms with E-state index in [0.29, 0.717) is 12.5 Å². The summed E-state index contributed by atoms with van der Waals surface area (Å²) in [5.74, 6) is -0.108. The maximum Gasteiger partial charge on any atom is 0.306 e. The average molecular weight is 341 g/mol. The lowest BCUT2D eigenvalue weighted by Gasteiger charge is -2.28. The molecule has 2 unspecified atom stereocenters. The molecule has 0 spiro atoms. The van der Waals surface area contributed by atoms with Gasteiger partial charge in [-0.05, 0) is 31.6 Å². The molecule has 24 heavy (non-hydrogen) atoms. The molecule has 0 aromatic rings. The first kappa shape index (κ1) is 21.0. The van der Waals surface area contributed by atoms with E-state index in [0.717, 1.165) is 32.1 Å². The summed E-state index contributed by atoms with van der Waals surface area (Å²) in [5, 5.41) is 0. The number of esters is 2. The molecule has 1 aliphatic carbocycles. The highest BCUT2D eigenvalue weighted by Crippen LogP contribution is 2.26. The Hall–Kier alpha value is -1.06. The fourth-order valence-corrected chi connectivity index (χ4v) is 3.21. The van der Waals surface area contributed by atoms with Crippen LogP contribution < -0.4 is 0 Å². The zero-order chi connectivity index (χ0) is 17.6. The van der Waals surface area contributed by atoms with Crippen molar-refractivity contribution >= 4 is 11.9 Å². The van der Waals surface area contributed by atoms with Gasteiger partial charge in [-0.1, -0.05) is 58.8 Å². The van der Waals surface area contributed by atoms with Crippen LogP contribution in [0.25, 0.3) is 0 Å². The minimum atomic E-state index is -0.283. The van der Waals surface area contributed by atoms with Gasteiger partial charge < -0.3 is 9.47 Å². The van der Waals surface area contributed by atoms with Crippen molar-refractivity contribution in [2.75, 3.05) is 6.61 Å². The van der Waals surface area contributed by atoms with Gasteiger partial charge in [-0.3, -0.25) is 9.59 Å². The number of ether oxygens (including phenoxy) is 2. The fourth-order valence-electron chi connectivity index (χ4n) is 3.21. The summed E-state index contributed by atoms with van der Waals surface area (Å²) in [4.78, 5) is 23.5. The Morgan fingerprint density at radius 3 is 2.21 bits per heavy atom. The van der Waals surface area contributed by atoms with Gasteiger partial charge in [-0.2, -0.15) is 0 Å². The second-order valence-electron chi connectivity index (χ2n) is 7.13. The van der Waals surface area contributed by atoms with E-state index >= 15 is 0 Å². The number of rotatable bonds is 12. The van der Waals surface area contributed by atoms with Crippen molar-refractivity contribution in [2.24, 2.45) is 5.92 Å². The first-order chi connectivity index (χ1) is 11.6. The minimum absolute atomic E-state index is 0.0370. The van der Waals surface area contributed by atoms with Crippen LogP contribution in [0.15, 0.2) is 0 Å². The average Bonchev–Trinajstić information content (AvgIpc) is 2.57. The number of carbonyl (C=O) groups is 2. The number of hydrogen-bond donors (Lipinski definition) is 0. The molecule has 1 rings (SSSR count). The summed E-state index contributed by atoms with van der Waals surface area (Å²) >= 11 is 0. The van der Waals surface area contributed by atoms with Crippen LogP contribution in [0.5, 0.6) is 0 Å². The topological polar surface area (TPSA) is 52.6 Å². The Morgan fingerprint density at radius 1 is 0.875 bits per heavy atom. The van der Waals surface area contributed by atoms with Gasteiger partial charge in [0.15, 0.2) is 0 Å². The molecular weight excluding hydrogens is 304 g/mol. The van der Waals surface area contributed by atoms with Gasteiger partial charge in [0, 0.05) is 0 Å². The van der Waals surface area contributed by atoms with Gasteiger partial charge >= 0.3 is 11.9 Å². The third-order valence-corrected chi connectivity index (χ3v) is 4.86. The van der Waals surface area contributed by atoms with Crippen LogP contribution in [0, 0.1) is 5.92 Å². The molecule has 4 nitrogen and oxygen atoms in total. The van der Waals surface area contributed by atoms with Gasteiger partial charge in [-0.25, -0.2) is 0 Å². The van der Waals surface area contributed by atoms with E-state index in [1.165, 1.54) is 38.5 Å². The third-order valence-electron chi connectivity index (χ3n) is 4.86. The Bertz CT molecular complexity index is 354. The minimum Gasteiger partial charge on any atom is -0.466 e. The molecule has 1 aliphatic rings. The predicted octanol–water partition coefficient (Wildman–Crippen LogP) is 5.18. The van der Waals surface area contributed by atoms with Crippen molar-refractivity contribution in [1.82, 2.24) is 0 Å². The lowest BCUT2D eigenvalue weighted by Crippen LogP contribution is -2.28. The highest BCUT2D eigenvalue weighted by atomic mass is 16.5. The Balaban J connectivity index is 1.98. The normalized spacial score (nSPS) is 20.6. The van der Waals surface area contributed by atoms with E-state index in [1.54, 1.807) is 0 Å². The van der Waals surface area contributed by atoms with Crippen LogP contribution in [-0.2, 0) is 19.1 Å². The zero-order valence-corrected chi connectivity index (χ0v) is 15.7. The standard InChI is InChI=1S/C20H36O4/c1-3-4-5-6-7-8-11-16-23-19(21)14-15-20(22)24-18-13-10-9-12-17(18)2/h17-18H,3-16H2,1-2H3. The van der Waals surface area contributed by atoms with E-state index in [2.05, 4.69) is 13.8 Å². The Morgan fingerprint density at radius 2 is 1.50 bits per heavy atom. The summed E-state index contributed by atoms with van der Waals surface area (Å²) < 4.78 is 10.7. The van der Waals surface area contributed by atoms with Crippen molar-refractivity contribution in [3.8, 4) is 0 Å². The summed E-state index contributed by atoms with van der Waals surface area (Å²) in [6.45, 7) is 4.82. The smallest absolute Gasteiger partial charge is 0.306 e. The zero-order valence-electron chi connectivity index (χ0n) is 15.7. The summed E-state index contributed by atoms with van der Waals surface area (Å²) in [5.41, 5.74) is 0. The molecule has 4 heteroatoms. The molecule has 2 atom stereocenters. The van der Waals surface area contributed by atoms with E-state index < -0.39 is 0 Å². The molecule has 0 aliphatic heterocycles. The van der Waals surface area contributed by atoms with Crippen molar-refractivity contribution < 1.29 is 19.1 Å². The number of hydrogen-bond acceptors (Lipinski definition) is 4. The van der Waals surface area contributed by atoms with Crippen molar-refractivity contribution in [1.29, 1.82) is 0 Å². The van der Waals surface area contributed by atoms with Crippen molar-refractivity contribution in [3.63, 3.8) is 0 Å². The van der Waals surface area contributed by atoms with E-state index in [1.807, 2.05) is 0 Å². The number of unbranched alkanes of at least 4 members (excludes halogenated alkanes) is 6. The van der Waals surface area contributed by atoms with Gasteiger partial charge in [0.1, 0.15) is 6.10 Å². The number of carbonyl (C=O) groups excluding carboxylic acids is 2. The third kappa shape index (κ3) is 9.94. The highest BCUT2D eigenvalue weighted by Gasteiger charge is 2.24. The largest absolute Gasteiger partial charge is 0.466 e. The van der Waals surface area contributed by atoms with E-state index in [9.17, 15) is 9.59 Å². The van der Waals surface area contributed by atoms with Crippen LogP contribution in [0.3, 0.4) is 0 Å². The molecule has 1 saturated carbocycles. The van der Waals surface area contributed by atoms with Gasteiger partial charge in [-0.15, -0.1) is 0 Å². The molecule has 0 aromatic carbocycles. The first-order valence-corrected chi connectivity index (χ1v) is 9.98. The fraction of sp³-hybridized carbons (Fsp3) is 0.900. The second-order valence-corrected chi connectivity index (χ2v) is 7.13. The molecule has 0 bridgehead atoms. The van der Waals surface area contributed by atoms with Crippen LogP contribution in [0.2, 0.25) is 0 Å². The van der Waals surface area contributed by atoms with Gasteiger partial charge in [0.25, 0.3) is 0 Å². The monoisotopic (exact) mass is 340 g/mol. The lowest BCUT2D eigenvalue weighted by molar-refractivity contribution is -0.156. The maximum absolute atomic E-state index is 11.8. The quantitative estimate of drug-likeness (QED) is 0.363. The molecular formula is C20H36O4. The molecule has 0 heterocycles. The molecule has 0 aromatic heterocycles. The summed E-state index contributed by atoms with van der Waals surface area (Å²) in [6, 6.07) is 0. The van der Waals surface area contributed by atoms with Gasteiger partial charge in [0.05, 0.1) is 19.4 Å². The highest BCUT2D eigenvalue weighted by molar-refractivity contribution is 5.77. The Kier molecular flexibility index (Phi) is 11.6. The SMILES string of the molecule is CCCCCCCCCOC(=O)CCC(=O)OC1CCCCC1C. The van der Waals surface area contributed by atoms with Crippen LogP contribution in [0.1, 0.15) is 97.3 Å². The summed E-state index contributed by atoms with van der Waals surface area (Å²) in [7, 11) is 0. The van der Waals surface area contributed by atoms with Crippen molar-refractivity contribution in [2.45, 2.75) is 103 Å². The molecule has 0 saturated heterocycles. The molecule has 0 amide bonds. The first-order valence-electron chi connectivity index (χ1n) is 9.98. The van der Waals surface area contributed by atoms with E-state index in [4.69, 9.17) is 9.47 Å². The molecule has 0 N–H and O–H groups in total. The van der Waals surface area contributed by atoms with Crippen LogP contribution >= 0.6 is 0 Å². The van der Waals surface area contributed by atoms with Crippen LogP contribution in [-0.4, -0.2) is 24.6 Å². The molecule has 140 valence electrons. The lowest BCUT2D eigenvalue weighted by atomic mass is 9.88. The second kappa shape index (κ2) is 13.3.